The molecule has 258 valence electrons. The number of nitrogens with zero attached hydrogens (tertiary/aromatic N) is 6. The lowest BCUT2D eigenvalue weighted by molar-refractivity contribution is -0.557. The zero-order valence-corrected chi connectivity index (χ0v) is 30.0. The first-order chi connectivity index (χ1) is 26.6. The molecule has 9 heteroatoms. The SMILES string of the molecule is Cc1c(-c2[nH]c3cccnc3[n+]2-c2ccccc2)c(C)c(-c2[nH]c3cccnc3[n+]2-c2ccccc2)c(C)c1-c1[nH]c2cccnc2[n+]1-c1ccccc1. The molecule has 0 unspecified atom stereocenters. The molecule has 3 N–H and O–H groups in total. The van der Waals surface area contributed by atoms with Gasteiger partial charge < -0.3 is 0 Å². The van der Waals surface area contributed by atoms with Crippen LogP contribution in [0, 0.1) is 20.8 Å². The third kappa shape index (κ3) is 4.79. The average Bonchev–Trinajstić information content (AvgIpc) is 3.90. The molecule has 0 saturated carbocycles. The van der Waals surface area contributed by atoms with Crippen LogP contribution in [0.4, 0.5) is 0 Å². The normalized spacial score (nSPS) is 11.6. The number of H-pyrrole nitrogens is 3. The molecule has 0 spiro atoms. The minimum atomic E-state index is 0.851. The number of benzene rings is 4. The first kappa shape index (κ1) is 31.5. The van der Waals surface area contributed by atoms with E-state index in [0.717, 1.165) is 101 Å². The van der Waals surface area contributed by atoms with Crippen LogP contribution in [0.5, 0.6) is 0 Å². The molecule has 0 amide bonds. The maximum atomic E-state index is 4.90. The summed E-state index contributed by atoms with van der Waals surface area (Å²) in [5.41, 5.74) is 15.0. The van der Waals surface area contributed by atoms with Gasteiger partial charge in [-0.3, -0.25) is 15.0 Å². The maximum absolute atomic E-state index is 4.90. The van der Waals surface area contributed by atoms with Crippen molar-refractivity contribution in [2.75, 3.05) is 0 Å². The number of nitrogens with one attached hydrogen (secondary N) is 3. The Kier molecular flexibility index (Phi) is 7.26. The van der Waals surface area contributed by atoms with Crippen molar-refractivity contribution in [1.82, 2.24) is 29.9 Å². The van der Waals surface area contributed by atoms with E-state index < -0.39 is 0 Å². The number of fused-ring (bicyclic) bond motifs is 3. The number of pyridine rings is 3. The second-order valence-corrected chi connectivity index (χ2v) is 13.6. The fraction of sp³-hybridized carbons (Fsp3) is 0.0667. The smallest absolute Gasteiger partial charge is 0.267 e. The molecular weight excluding hydrogens is 667 g/mol. The highest BCUT2D eigenvalue weighted by molar-refractivity contribution is 5.89. The van der Waals surface area contributed by atoms with Crippen LogP contribution in [-0.2, 0) is 0 Å². The van der Waals surface area contributed by atoms with Crippen LogP contribution in [0.3, 0.4) is 0 Å². The Bertz CT molecular complexity index is 2670. The predicted molar refractivity (Wildman–Crippen MR) is 211 cm³/mol. The van der Waals surface area contributed by atoms with Crippen molar-refractivity contribution >= 4 is 33.5 Å². The zero-order valence-electron chi connectivity index (χ0n) is 30.0. The Morgan fingerprint density at radius 2 is 0.630 bits per heavy atom. The van der Waals surface area contributed by atoms with Gasteiger partial charge >= 0.3 is 16.9 Å². The molecule has 0 radical (unpaired) electrons. The quantitative estimate of drug-likeness (QED) is 0.153. The van der Waals surface area contributed by atoms with Crippen molar-refractivity contribution < 1.29 is 13.7 Å². The Hall–Kier alpha value is -7.26. The van der Waals surface area contributed by atoms with E-state index in [0.29, 0.717) is 0 Å². The van der Waals surface area contributed by atoms with E-state index in [1.54, 1.807) is 0 Å². The predicted octanol–water partition coefficient (Wildman–Crippen LogP) is 8.07. The number of imidazole rings is 3. The fourth-order valence-corrected chi connectivity index (χ4v) is 8.18. The summed E-state index contributed by atoms with van der Waals surface area (Å²) in [4.78, 5) is 26.2. The lowest BCUT2D eigenvalue weighted by Gasteiger charge is -2.20. The molecule has 0 aliphatic rings. The largest absolute Gasteiger partial charge is 0.306 e. The molecule has 0 saturated heterocycles. The third-order valence-electron chi connectivity index (χ3n) is 10.4. The molecule has 10 aromatic rings. The molecule has 0 bridgehead atoms. The van der Waals surface area contributed by atoms with Gasteiger partial charge in [0.15, 0.2) is 16.6 Å². The Balaban J connectivity index is 1.39. The van der Waals surface area contributed by atoms with Crippen LogP contribution in [-0.4, -0.2) is 29.9 Å². The van der Waals surface area contributed by atoms with Crippen LogP contribution in [0.2, 0.25) is 0 Å². The van der Waals surface area contributed by atoms with E-state index >= 15 is 0 Å². The molecule has 0 aliphatic heterocycles. The van der Waals surface area contributed by atoms with Gasteiger partial charge in [0.25, 0.3) is 0 Å². The molecule has 9 nitrogen and oxygen atoms in total. The molecular formula is C45H36N9+3. The van der Waals surface area contributed by atoms with Crippen LogP contribution in [0.25, 0.3) is 84.7 Å². The lowest BCUT2D eigenvalue weighted by Crippen LogP contribution is -2.35. The van der Waals surface area contributed by atoms with Crippen molar-refractivity contribution in [1.29, 1.82) is 0 Å². The number of aromatic nitrogens is 9. The summed E-state index contributed by atoms with van der Waals surface area (Å²) < 4.78 is 6.72. The van der Waals surface area contributed by atoms with Crippen LogP contribution in [0.15, 0.2) is 146 Å². The molecule has 0 aliphatic carbocycles. The van der Waals surface area contributed by atoms with Gasteiger partial charge in [0.05, 0.1) is 16.7 Å². The summed E-state index contributed by atoms with van der Waals surface area (Å²) in [5, 5.41) is 0. The molecule has 4 aromatic carbocycles. The van der Waals surface area contributed by atoms with Gasteiger partial charge in [-0.15, -0.1) is 15.0 Å². The summed E-state index contributed by atoms with van der Waals surface area (Å²) in [7, 11) is 0. The van der Waals surface area contributed by atoms with Gasteiger partial charge in [-0.05, 0) is 110 Å². The molecule has 6 aromatic heterocycles. The first-order valence-corrected chi connectivity index (χ1v) is 18.1. The third-order valence-corrected chi connectivity index (χ3v) is 10.4. The summed E-state index contributed by atoms with van der Waals surface area (Å²) >= 11 is 0. The Labute approximate surface area is 310 Å². The first-order valence-electron chi connectivity index (χ1n) is 18.1. The number of hydrogen-bond acceptors (Lipinski definition) is 3. The average molecular weight is 703 g/mol. The van der Waals surface area contributed by atoms with E-state index in [2.05, 4.69) is 140 Å². The van der Waals surface area contributed by atoms with Gasteiger partial charge in [0, 0.05) is 0 Å². The van der Waals surface area contributed by atoms with E-state index in [-0.39, 0.29) is 0 Å². The van der Waals surface area contributed by atoms with Gasteiger partial charge in [0.2, 0.25) is 17.5 Å². The summed E-state index contributed by atoms with van der Waals surface area (Å²) in [6, 6.07) is 43.5. The zero-order chi connectivity index (χ0) is 36.3. The molecule has 6 heterocycles. The summed E-state index contributed by atoms with van der Waals surface area (Å²) in [6.07, 6.45) is 5.56. The Morgan fingerprint density at radius 3 is 0.907 bits per heavy atom. The van der Waals surface area contributed by atoms with E-state index in [1.165, 1.54) is 0 Å². The van der Waals surface area contributed by atoms with Gasteiger partial charge in [0.1, 0.15) is 35.7 Å². The van der Waals surface area contributed by atoms with Gasteiger partial charge in [-0.25, -0.2) is 0 Å². The number of hydrogen-bond donors (Lipinski definition) is 3. The lowest BCUT2D eigenvalue weighted by atomic mass is 9.86. The second kappa shape index (κ2) is 12.5. The van der Waals surface area contributed by atoms with E-state index in [4.69, 9.17) is 15.0 Å². The highest BCUT2D eigenvalue weighted by Crippen LogP contribution is 2.42. The van der Waals surface area contributed by atoms with Gasteiger partial charge in [-0.2, -0.15) is 13.7 Å². The van der Waals surface area contributed by atoms with Crippen molar-refractivity contribution in [2.45, 2.75) is 20.8 Å². The van der Waals surface area contributed by atoms with Crippen molar-refractivity contribution in [3.8, 4) is 51.2 Å². The Morgan fingerprint density at radius 1 is 0.352 bits per heavy atom. The van der Waals surface area contributed by atoms with Crippen LogP contribution < -0.4 is 13.7 Å². The maximum Gasteiger partial charge on any atom is 0.306 e. The van der Waals surface area contributed by atoms with Crippen molar-refractivity contribution in [3.05, 3.63) is 163 Å². The summed E-state index contributed by atoms with van der Waals surface area (Å²) in [6.45, 7) is 6.69. The monoisotopic (exact) mass is 702 g/mol. The standard InChI is InChI=1S/C45H33N9/c1-28-37(43-49-34-22-13-25-46-40(34)52(43)31-16-7-4-8-17-31)29(2)39(45-51-36-24-15-27-48-42(36)54(45)33-20-11-6-12-21-33)30(3)38(28)44-50-35-23-14-26-47-41(35)53(44)32-18-9-5-10-19-32/h4-27H,1-3H3/p+3. The van der Waals surface area contributed by atoms with E-state index in [9.17, 15) is 0 Å². The highest BCUT2D eigenvalue weighted by atomic mass is 15.2. The number of rotatable bonds is 6. The van der Waals surface area contributed by atoms with Crippen LogP contribution in [0.1, 0.15) is 16.7 Å². The number of aromatic amines is 3. The molecule has 0 atom stereocenters. The number of para-hydroxylation sites is 3. The van der Waals surface area contributed by atoms with Gasteiger partial charge in [-0.1, -0.05) is 54.6 Å². The minimum Gasteiger partial charge on any atom is -0.267 e. The second-order valence-electron chi connectivity index (χ2n) is 13.6. The topological polar surface area (TPSA) is 97.7 Å². The minimum absolute atomic E-state index is 0.851. The molecule has 10 rings (SSSR count). The molecule has 0 fully saturated rings. The van der Waals surface area contributed by atoms with Crippen molar-refractivity contribution in [2.24, 2.45) is 0 Å². The highest BCUT2D eigenvalue weighted by Gasteiger charge is 2.35. The van der Waals surface area contributed by atoms with E-state index in [1.807, 2.05) is 55.0 Å². The fourth-order valence-electron chi connectivity index (χ4n) is 8.18. The van der Waals surface area contributed by atoms with Crippen molar-refractivity contribution in [3.63, 3.8) is 0 Å². The summed E-state index contributed by atoms with van der Waals surface area (Å²) in [5.74, 6) is 2.81. The van der Waals surface area contributed by atoms with Crippen LogP contribution >= 0.6 is 0 Å². The molecule has 54 heavy (non-hydrogen) atoms.